The van der Waals surface area contributed by atoms with Gasteiger partial charge in [-0.2, -0.15) is 0 Å². The molecular formula is C16H16N6. The SMILES string of the molecule is Cc1ccc(-c2ccc(C)c(CN=[N+]=[N-])c2)cc1CN=[N+]=[N-]. The Kier molecular flexibility index (Phi) is 5.04. The van der Waals surface area contributed by atoms with Gasteiger partial charge in [-0.15, -0.1) is 0 Å². The van der Waals surface area contributed by atoms with Crippen LogP contribution in [0.25, 0.3) is 32.0 Å². The molecule has 2 aromatic carbocycles. The van der Waals surface area contributed by atoms with Gasteiger partial charge in [0, 0.05) is 9.82 Å². The van der Waals surface area contributed by atoms with Crippen molar-refractivity contribution in [2.24, 2.45) is 10.2 Å². The molecule has 0 unspecified atom stereocenters. The lowest BCUT2D eigenvalue weighted by atomic mass is 9.96. The van der Waals surface area contributed by atoms with Crippen LogP contribution in [0.3, 0.4) is 0 Å². The minimum absolute atomic E-state index is 0.341. The van der Waals surface area contributed by atoms with Crippen molar-refractivity contribution in [1.29, 1.82) is 0 Å². The summed E-state index contributed by atoms with van der Waals surface area (Å²) < 4.78 is 0. The highest BCUT2D eigenvalue weighted by Gasteiger charge is 2.05. The number of benzene rings is 2. The van der Waals surface area contributed by atoms with Crippen LogP contribution in [-0.4, -0.2) is 0 Å². The van der Waals surface area contributed by atoms with Crippen molar-refractivity contribution in [2.45, 2.75) is 26.9 Å². The maximum Gasteiger partial charge on any atom is 0.0513 e. The molecule has 0 saturated carbocycles. The molecule has 0 saturated heterocycles. The molecule has 0 aromatic heterocycles. The lowest BCUT2D eigenvalue weighted by molar-refractivity contribution is 1.02. The van der Waals surface area contributed by atoms with E-state index in [-0.39, 0.29) is 0 Å². The van der Waals surface area contributed by atoms with Crippen LogP contribution in [0, 0.1) is 13.8 Å². The van der Waals surface area contributed by atoms with E-state index in [9.17, 15) is 0 Å². The average Bonchev–Trinajstić information content (AvgIpc) is 2.53. The lowest BCUT2D eigenvalue weighted by Crippen LogP contribution is -1.91. The predicted molar refractivity (Wildman–Crippen MR) is 87.1 cm³/mol. The fourth-order valence-electron chi connectivity index (χ4n) is 2.26. The van der Waals surface area contributed by atoms with Crippen LogP contribution in [0.4, 0.5) is 0 Å². The van der Waals surface area contributed by atoms with E-state index in [4.69, 9.17) is 11.1 Å². The molecule has 0 fully saturated rings. The normalized spacial score (nSPS) is 9.73. The first-order valence-corrected chi connectivity index (χ1v) is 6.87. The number of rotatable bonds is 5. The highest BCUT2D eigenvalue weighted by atomic mass is 15.1. The summed E-state index contributed by atoms with van der Waals surface area (Å²) in [7, 11) is 0. The number of hydrogen-bond acceptors (Lipinski definition) is 2. The topological polar surface area (TPSA) is 97.5 Å². The molecule has 0 atom stereocenters. The molecule has 2 aromatic rings. The van der Waals surface area contributed by atoms with Crippen molar-refractivity contribution >= 4 is 0 Å². The van der Waals surface area contributed by atoms with Crippen LogP contribution in [0.2, 0.25) is 0 Å². The second-order valence-corrected chi connectivity index (χ2v) is 5.06. The molecule has 0 amide bonds. The maximum atomic E-state index is 8.47. The molecule has 2 rings (SSSR count). The predicted octanol–water partition coefficient (Wildman–Crippen LogP) is 5.59. The van der Waals surface area contributed by atoms with Gasteiger partial charge in [0.2, 0.25) is 0 Å². The van der Waals surface area contributed by atoms with Crippen molar-refractivity contribution in [3.8, 4) is 11.1 Å². The largest absolute Gasteiger partial charge is 0.0893 e. The quantitative estimate of drug-likeness (QED) is 0.390. The smallest absolute Gasteiger partial charge is 0.0513 e. The van der Waals surface area contributed by atoms with Crippen LogP contribution >= 0.6 is 0 Å². The molecule has 0 aliphatic carbocycles. The van der Waals surface area contributed by atoms with E-state index in [1.807, 2.05) is 50.2 Å². The summed E-state index contributed by atoms with van der Waals surface area (Å²) in [6.07, 6.45) is 0. The Hall–Kier alpha value is -2.94. The first-order chi connectivity index (χ1) is 10.7. The van der Waals surface area contributed by atoms with E-state index in [1.165, 1.54) is 0 Å². The van der Waals surface area contributed by atoms with Gasteiger partial charge in [-0.05, 0) is 58.3 Å². The minimum Gasteiger partial charge on any atom is -0.0893 e. The van der Waals surface area contributed by atoms with E-state index < -0.39 is 0 Å². The van der Waals surface area contributed by atoms with Gasteiger partial charge in [-0.25, -0.2) is 0 Å². The van der Waals surface area contributed by atoms with Gasteiger partial charge in [-0.3, -0.25) is 0 Å². The summed E-state index contributed by atoms with van der Waals surface area (Å²) in [5, 5.41) is 7.27. The van der Waals surface area contributed by atoms with Crippen LogP contribution in [-0.2, 0) is 13.1 Å². The Morgan fingerprint density at radius 1 is 0.773 bits per heavy atom. The van der Waals surface area contributed by atoms with Gasteiger partial charge in [-0.1, -0.05) is 46.6 Å². The van der Waals surface area contributed by atoms with Crippen LogP contribution in [0.5, 0.6) is 0 Å². The van der Waals surface area contributed by atoms with Crippen molar-refractivity contribution in [3.63, 3.8) is 0 Å². The van der Waals surface area contributed by atoms with Crippen molar-refractivity contribution in [1.82, 2.24) is 0 Å². The molecular weight excluding hydrogens is 276 g/mol. The van der Waals surface area contributed by atoms with E-state index >= 15 is 0 Å². The fraction of sp³-hybridized carbons (Fsp3) is 0.250. The van der Waals surface area contributed by atoms with Crippen LogP contribution in [0.15, 0.2) is 46.6 Å². The molecule has 6 nitrogen and oxygen atoms in total. The molecule has 6 heteroatoms. The number of hydrogen-bond donors (Lipinski definition) is 0. The molecule has 0 bridgehead atoms. The molecule has 110 valence electrons. The summed E-state index contributed by atoms with van der Waals surface area (Å²) >= 11 is 0. The fourth-order valence-corrected chi connectivity index (χ4v) is 2.26. The Morgan fingerprint density at radius 2 is 1.18 bits per heavy atom. The molecule has 22 heavy (non-hydrogen) atoms. The van der Waals surface area contributed by atoms with E-state index in [0.717, 1.165) is 33.4 Å². The Balaban J connectivity index is 2.43. The summed E-state index contributed by atoms with van der Waals surface area (Å²) in [5.41, 5.74) is 23.3. The highest BCUT2D eigenvalue weighted by Crippen LogP contribution is 2.25. The zero-order valence-electron chi connectivity index (χ0n) is 12.6. The zero-order chi connectivity index (χ0) is 15.9. The molecule has 0 aliphatic rings. The van der Waals surface area contributed by atoms with Gasteiger partial charge in [0.05, 0.1) is 13.1 Å². The third kappa shape index (κ3) is 3.58. The minimum atomic E-state index is 0.341. The molecule has 0 N–H and O–H groups in total. The van der Waals surface area contributed by atoms with Gasteiger partial charge >= 0.3 is 0 Å². The Labute approximate surface area is 128 Å². The van der Waals surface area contributed by atoms with Crippen molar-refractivity contribution < 1.29 is 0 Å². The lowest BCUT2D eigenvalue weighted by Gasteiger charge is -2.10. The van der Waals surface area contributed by atoms with Gasteiger partial charge in [0.15, 0.2) is 0 Å². The second kappa shape index (κ2) is 7.18. The zero-order valence-corrected chi connectivity index (χ0v) is 12.6. The van der Waals surface area contributed by atoms with Gasteiger partial charge in [0.1, 0.15) is 0 Å². The summed E-state index contributed by atoms with van der Waals surface area (Å²) in [5.74, 6) is 0. The first-order valence-electron chi connectivity index (χ1n) is 6.87. The van der Waals surface area contributed by atoms with E-state index in [1.54, 1.807) is 0 Å². The number of azide groups is 2. The van der Waals surface area contributed by atoms with E-state index in [2.05, 4.69) is 20.1 Å². The van der Waals surface area contributed by atoms with Crippen molar-refractivity contribution in [3.05, 3.63) is 79.5 Å². The summed E-state index contributed by atoms with van der Waals surface area (Å²) in [6.45, 7) is 4.67. The number of aryl methyl sites for hydroxylation is 2. The summed E-state index contributed by atoms with van der Waals surface area (Å²) in [4.78, 5) is 5.62. The number of nitrogens with zero attached hydrogens (tertiary/aromatic N) is 6. The van der Waals surface area contributed by atoms with Gasteiger partial charge < -0.3 is 0 Å². The Bertz CT molecular complexity index is 716. The average molecular weight is 292 g/mol. The monoisotopic (exact) mass is 292 g/mol. The third-order valence-corrected chi connectivity index (χ3v) is 3.64. The standard InChI is InChI=1S/C16H16N6/c1-11-3-5-13(7-15(11)9-19-21-17)14-6-4-12(2)16(8-14)10-20-22-18/h3-8H,9-10H2,1-2H3. The molecule has 0 spiro atoms. The van der Waals surface area contributed by atoms with Crippen LogP contribution in [0.1, 0.15) is 22.3 Å². The van der Waals surface area contributed by atoms with Crippen molar-refractivity contribution in [2.75, 3.05) is 0 Å². The highest BCUT2D eigenvalue weighted by molar-refractivity contribution is 5.66. The molecule has 0 heterocycles. The second-order valence-electron chi connectivity index (χ2n) is 5.06. The summed E-state index contributed by atoms with van der Waals surface area (Å²) in [6, 6.07) is 12.2. The Morgan fingerprint density at radius 3 is 1.55 bits per heavy atom. The van der Waals surface area contributed by atoms with Crippen LogP contribution < -0.4 is 0 Å². The van der Waals surface area contributed by atoms with Gasteiger partial charge in [0.25, 0.3) is 0 Å². The maximum absolute atomic E-state index is 8.47. The van der Waals surface area contributed by atoms with E-state index in [0.29, 0.717) is 13.1 Å². The first kappa shape index (κ1) is 15.4. The molecule has 0 radical (unpaired) electrons. The third-order valence-electron chi connectivity index (χ3n) is 3.64. The molecule has 0 aliphatic heterocycles.